The van der Waals surface area contributed by atoms with Crippen molar-refractivity contribution in [3.63, 3.8) is 0 Å². The van der Waals surface area contributed by atoms with E-state index in [0.717, 1.165) is 19.4 Å². The van der Waals surface area contributed by atoms with Crippen LogP contribution in [0.15, 0.2) is 18.2 Å². The summed E-state index contributed by atoms with van der Waals surface area (Å²) in [5.41, 5.74) is 6.90. The van der Waals surface area contributed by atoms with Crippen LogP contribution in [0.3, 0.4) is 0 Å². The van der Waals surface area contributed by atoms with Gasteiger partial charge in [-0.15, -0.1) is 0 Å². The zero-order valence-electron chi connectivity index (χ0n) is 8.98. The van der Waals surface area contributed by atoms with Crippen LogP contribution in [0.5, 0.6) is 5.75 Å². The van der Waals surface area contributed by atoms with E-state index in [1.165, 1.54) is 0 Å². The lowest BCUT2D eigenvalue weighted by atomic mass is 10.1. The van der Waals surface area contributed by atoms with E-state index in [9.17, 15) is 4.79 Å². The number of carbonyl (C=O) groups excluding carboxylic acids is 1. The van der Waals surface area contributed by atoms with Gasteiger partial charge in [-0.25, -0.2) is 0 Å². The van der Waals surface area contributed by atoms with Crippen LogP contribution >= 0.6 is 0 Å². The van der Waals surface area contributed by atoms with Crippen LogP contribution in [0.25, 0.3) is 0 Å². The Kier molecular flexibility index (Phi) is 2.02. The van der Waals surface area contributed by atoms with Crippen molar-refractivity contribution < 1.29 is 9.53 Å². The van der Waals surface area contributed by atoms with E-state index in [1.54, 1.807) is 6.07 Å². The molecule has 0 aliphatic carbocycles. The van der Waals surface area contributed by atoms with Crippen molar-refractivity contribution in [3.05, 3.63) is 23.8 Å². The highest BCUT2D eigenvalue weighted by Gasteiger charge is 2.35. The minimum absolute atomic E-state index is 0.0214. The van der Waals surface area contributed by atoms with E-state index in [1.807, 2.05) is 17.0 Å². The second-order valence-corrected chi connectivity index (χ2v) is 4.33. The number of hydrogen-bond donors (Lipinski definition) is 1. The smallest absolute Gasteiger partial charge is 0.260 e. The first-order valence-corrected chi connectivity index (χ1v) is 5.59. The van der Waals surface area contributed by atoms with Gasteiger partial charge in [0.05, 0.1) is 6.04 Å². The van der Waals surface area contributed by atoms with Crippen molar-refractivity contribution in [2.75, 3.05) is 18.9 Å². The number of rotatable bonds is 0. The van der Waals surface area contributed by atoms with Gasteiger partial charge in [0.15, 0.2) is 0 Å². The number of nitrogen functional groups attached to an aromatic ring is 1. The standard InChI is InChI=1S/C12H14N2O2/c13-9-4-1-5-10-11(9)12(15)14-6-2-3-8(14)7-16-10/h1,4-5,8H,2-3,6-7,13H2. The summed E-state index contributed by atoms with van der Waals surface area (Å²) >= 11 is 0. The molecule has 16 heavy (non-hydrogen) atoms. The average Bonchev–Trinajstić information content (AvgIpc) is 2.69. The number of hydrogen-bond acceptors (Lipinski definition) is 3. The molecule has 4 nitrogen and oxygen atoms in total. The molecule has 0 radical (unpaired) electrons. The van der Waals surface area contributed by atoms with E-state index in [0.29, 0.717) is 23.6 Å². The monoisotopic (exact) mass is 218 g/mol. The van der Waals surface area contributed by atoms with Crippen molar-refractivity contribution in [2.24, 2.45) is 0 Å². The molecule has 1 aromatic rings. The molecule has 1 atom stereocenters. The zero-order chi connectivity index (χ0) is 11.1. The molecule has 0 spiro atoms. The van der Waals surface area contributed by atoms with Crippen molar-refractivity contribution in [2.45, 2.75) is 18.9 Å². The lowest BCUT2D eigenvalue weighted by molar-refractivity contribution is 0.0727. The Hall–Kier alpha value is -1.71. The fourth-order valence-corrected chi connectivity index (χ4v) is 2.50. The average molecular weight is 218 g/mol. The van der Waals surface area contributed by atoms with Crippen LogP contribution in [0.4, 0.5) is 5.69 Å². The molecule has 3 rings (SSSR count). The van der Waals surface area contributed by atoms with Gasteiger partial charge in [0, 0.05) is 12.2 Å². The van der Waals surface area contributed by atoms with Crippen LogP contribution in [-0.4, -0.2) is 30.0 Å². The molecule has 1 saturated heterocycles. The normalized spacial score (nSPS) is 23.4. The first-order chi connectivity index (χ1) is 7.77. The molecule has 2 heterocycles. The number of carbonyl (C=O) groups is 1. The molecule has 0 bridgehead atoms. The lowest BCUT2D eigenvalue weighted by Gasteiger charge is -2.20. The van der Waals surface area contributed by atoms with Gasteiger partial charge in [0.2, 0.25) is 0 Å². The van der Waals surface area contributed by atoms with Crippen LogP contribution < -0.4 is 10.5 Å². The first-order valence-electron chi connectivity index (χ1n) is 5.59. The van der Waals surface area contributed by atoms with Gasteiger partial charge in [-0.05, 0) is 25.0 Å². The van der Waals surface area contributed by atoms with E-state index in [4.69, 9.17) is 10.5 Å². The Morgan fingerprint density at radius 2 is 2.31 bits per heavy atom. The minimum Gasteiger partial charge on any atom is -0.491 e. The Morgan fingerprint density at radius 3 is 3.19 bits per heavy atom. The molecular formula is C12H14N2O2. The molecule has 1 aromatic carbocycles. The van der Waals surface area contributed by atoms with Crippen LogP contribution in [0.1, 0.15) is 23.2 Å². The van der Waals surface area contributed by atoms with Gasteiger partial charge in [-0.1, -0.05) is 6.07 Å². The number of ether oxygens (including phenoxy) is 1. The van der Waals surface area contributed by atoms with E-state index < -0.39 is 0 Å². The molecule has 2 N–H and O–H groups in total. The zero-order valence-corrected chi connectivity index (χ0v) is 8.98. The minimum atomic E-state index is 0.0214. The maximum Gasteiger partial charge on any atom is 0.260 e. The highest BCUT2D eigenvalue weighted by molar-refractivity contribution is 6.02. The molecule has 1 fully saturated rings. The van der Waals surface area contributed by atoms with Gasteiger partial charge in [-0.2, -0.15) is 0 Å². The van der Waals surface area contributed by atoms with E-state index in [2.05, 4.69) is 0 Å². The largest absolute Gasteiger partial charge is 0.491 e. The summed E-state index contributed by atoms with van der Waals surface area (Å²) in [4.78, 5) is 14.2. The third-order valence-corrected chi connectivity index (χ3v) is 3.34. The fourth-order valence-electron chi connectivity index (χ4n) is 2.50. The summed E-state index contributed by atoms with van der Waals surface area (Å²) in [6.45, 7) is 1.41. The van der Waals surface area contributed by atoms with Gasteiger partial charge in [0.25, 0.3) is 5.91 Å². The predicted molar refractivity (Wildman–Crippen MR) is 60.4 cm³/mol. The number of benzene rings is 1. The Labute approximate surface area is 94.0 Å². The molecule has 0 aromatic heterocycles. The Bertz CT molecular complexity index is 445. The van der Waals surface area contributed by atoms with Gasteiger partial charge in [-0.3, -0.25) is 4.79 Å². The SMILES string of the molecule is Nc1cccc2c1C(=O)N1CCCC1CO2. The molecule has 2 aliphatic heterocycles. The number of nitrogens with zero attached hydrogens (tertiary/aromatic N) is 1. The summed E-state index contributed by atoms with van der Waals surface area (Å²) in [6.07, 6.45) is 2.08. The van der Waals surface area contributed by atoms with Crippen LogP contribution in [0, 0.1) is 0 Å². The summed E-state index contributed by atoms with van der Waals surface area (Å²) in [5, 5.41) is 0. The van der Waals surface area contributed by atoms with Crippen LogP contribution in [-0.2, 0) is 0 Å². The van der Waals surface area contributed by atoms with Crippen LogP contribution in [0.2, 0.25) is 0 Å². The Balaban J connectivity index is 2.10. The lowest BCUT2D eigenvalue weighted by Crippen LogP contribution is -2.36. The highest BCUT2D eigenvalue weighted by atomic mass is 16.5. The summed E-state index contributed by atoms with van der Waals surface area (Å²) in [6, 6.07) is 5.60. The van der Waals surface area contributed by atoms with Crippen molar-refractivity contribution in [1.82, 2.24) is 4.90 Å². The van der Waals surface area contributed by atoms with Gasteiger partial charge < -0.3 is 15.4 Å². The van der Waals surface area contributed by atoms with Gasteiger partial charge in [0.1, 0.15) is 17.9 Å². The number of amides is 1. The molecular weight excluding hydrogens is 204 g/mol. The summed E-state index contributed by atoms with van der Waals surface area (Å²) < 4.78 is 5.67. The maximum atomic E-state index is 12.3. The fraction of sp³-hybridized carbons (Fsp3) is 0.417. The molecule has 2 aliphatic rings. The Morgan fingerprint density at radius 1 is 1.44 bits per heavy atom. The molecule has 1 unspecified atom stereocenters. The second-order valence-electron chi connectivity index (χ2n) is 4.33. The molecule has 4 heteroatoms. The third kappa shape index (κ3) is 1.26. The topological polar surface area (TPSA) is 55.6 Å². The third-order valence-electron chi connectivity index (χ3n) is 3.34. The highest BCUT2D eigenvalue weighted by Crippen LogP contribution is 2.32. The second kappa shape index (κ2) is 3.40. The summed E-state index contributed by atoms with van der Waals surface area (Å²) in [5.74, 6) is 0.646. The number of anilines is 1. The van der Waals surface area contributed by atoms with Crippen molar-refractivity contribution >= 4 is 11.6 Å². The molecule has 0 saturated carbocycles. The van der Waals surface area contributed by atoms with Crippen molar-refractivity contribution in [1.29, 1.82) is 0 Å². The van der Waals surface area contributed by atoms with E-state index >= 15 is 0 Å². The quantitative estimate of drug-likeness (QED) is 0.667. The maximum absolute atomic E-state index is 12.3. The van der Waals surface area contributed by atoms with E-state index in [-0.39, 0.29) is 11.9 Å². The summed E-state index contributed by atoms with van der Waals surface area (Å²) in [7, 11) is 0. The van der Waals surface area contributed by atoms with Gasteiger partial charge >= 0.3 is 0 Å². The number of nitrogens with two attached hydrogens (primary N) is 1. The predicted octanol–water partition coefficient (Wildman–Crippen LogP) is 1.27. The first kappa shape index (κ1) is 9.51. The molecule has 1 amide bonds. The number of fused-ring (bicyclic) bond motifs is 2. The van der Waals surface area contributed by atoms with Crippen molar-refractivity contribution in [3.8, 4) is 5.75 Å². The molecule has 84 valence electrons.